The number of methoxy groups -OCH3 is 1. The van der Waals surface area contributed by atoms with E-state index in [9.17, 15) is 9.18 Å². The van der Waals surface area contributed by atoms with Crippen LogP contribution in [0.3, 0.4) is 0 Å². The van der Waals surface area contributed by atoms with Crippen LogP contribution >= 0.6 is 11.6 Å². The molecule has 5 heteroatoms. The Morgan fingerprint density at radius 3 is 2.93 bits per heavy atom. The molecule has 82 valence electrons. The van der Waals surface area contributed by atoms with E-state index < -0.39 is 5.82 Å². The summed E-state index contributed by atoms with van der Waals surface area (Å²) in [6, 6.07) is 4.29. The summed E-state index contributed by atoms with van der Waals surface area (Å²) < 4.78 is 17.2. The normalized spacial score (nSPS) is 9.80. The van der Waals surface area contributed by atoms with Gasteiger partial charge in [0.05, 0.1) is 18.6 Å². The van der Waals surface area contributed by atoms with Crippen LogP contribution in [-0.2, 0) is 9.53 Å². The van der Waals surface area contributed by atoms with Gasteiger partial charge in [-0.05, 0) is 18.2 Å². The Labute approximate surface area is 92.2 Å². The number of hydrogen-bond donors (Lipinski definition) is 1. The first-order chi connectivity index (χ1) is 7.13. The van der Waals surface area contributed by atoms with E-state index in [1.165, 1.54) is 19.2 Å². The van der Waals surface area contributed by atoms with Crippen molar-refractivity contribution in [1.82, 2.24) is 0 Å². The van der Waals surface area contributed by atoms with Crippen molar-refractivity contribution in [2.45, 2.75) is 6.42 Å². The standard InChI is InChI=1S/C10H11ClFNO2/c1-15-10(14)4-5-13-7-2-3-9(12)8(11)6-7/h2-3,6,13H,4-5H2,1H3. The van der Waals surface area contributed by atoms with Gasteiger partial charge in [0.1, 0.15) is 5.82 Å². The van der Waals surface area contributed by atoms with E-state index in [0.29, 0.717) is 12.2 Å². The fourth-order valence-electron chi connectivity index (χ4n) is 1.02. The minimum atomic E-state index is -0.463. The number of carbonyl (C=O) groups is 1. The lowest BCUT2D eigenvalue weighted by molar-refractivity contribution is -0.140. The van der Waals surface area contributed by atoms with Crippen molar-refractivity contribution in [2.75, 3.05) is 19.0 Å². The van der Waals surface area contributed by atoms with Gasteiger partial charge in [0.2, 0.25) is 0 Å². The number of benzene rings is 1. The third kappa shape index (κ3) is 3.75. The van der Waals surface area contributed by atoms with E-state index >= 15 is 0 Å². The molecule has 0 radical (unpaired) electrons. The first-order valence-electron chi connectivity index (χ1n) is 4.39. The third-order valence-electron chi connectivity index (χ3n) is 1.81. The molecule has 0 aliphatic heterocycles. The molecular weight excluding hydrogens is 221 g/mol. The molecule has 1 rings (SSSR count). The molecule has 0 saturated heterocycles. The van der Waals surface area contributed by atoms with Crippen molar-refractivity contribution in [3.8, 4) is 0 Å². The van der Waals surface area contributed by atoms with Gasteiger partial charge in [-0.3, -0.25) is 4.79 Å². The molecule has 0 aliphatic carbocycles. The molecule has 0 aliphatic rings. The van der Waals surface area contributed by atoms with E-state index in [-0.39, 0.29) is 17.4 Å². The van der Waals surface area contributed by atoms with E-state index in [1.54, 1.807) is 6.07 Å². The third-order valence-corrected chi connectivity index (χ3v) is 2.10. The molecule has 0 unspecified atom stereocenters. The van der Waals surface area contributed by atoms with E-state index in [1.807, 2.05) is 0 Å². The highest BCUT2D eigenvalue weighted by atomic mass is 35.5. The van der Waals surface area contributed by atoms with Crippen molar-refractivity contribution in [3.63, 3.8) is 0 Å². The summed E-state index contributed by atoms with van der Waals surface area (Å²) in [6.45, 7) is 0.425. The summed E-state index contributed by atoms with van der Waals surface area (Å²) in [5.41, 5.74) is 0.672. The zero-order valence-electron chi connectivity index (χ0n) is 8.22. The molecule has 0 aromatic heterocycles. The summed E-state index contributed by atoms with van der Waals surface area (Å²) >= 11 is 5.58. The van der Waals surface area contributed by atoms with E-state index in [2.05, 4.69) is 10.1 Å². The predicted octanol–water partition coefficient (Wildman–Crippen LogP) is 2.45. The molecule has 3 nitrogen and oxygen atoms in total. The number of nitrogens with one attached hydrogen (secondary N) is 1. The molecule has 1 aromatic carbocycles. The first-order valence-corrected chi connectivity index (χ1v) is 4.77. The van der Waals surface area contributed by atoms with Crippen LogP contribution in [0.1, 0.15) is 6.42 Å². The summed E-state index contributed by atoms with van der Waals surface area (Å²) in [6.07, 6.45) is 0.255. The summed E-state index contributed by atoms with van der Waals surface area (Å²) in [4.78, 5) is 10.8. The maximum absolute atomic E-state index is 12.8. The first kappa shape index (κ1) is 11.8. The number of halogens is 2. The lowest BCUT2D eigenvalue weighted by Gasteiger charge is -2.05. The highest BCUT2D eigenvalue weighted by Crippen LogP contribution is 2.19. The number of esters is 1. The molecule has 0 heterocycles. The molecule has 1 N–H and O–H groups in total. The minimum absolute atomic E-state index is 0.0538. The zero-order chi connectivity index (χ0) is 11.3. The predicted molar refractivity (Wildman–Crippen MR) is 56.5 cm³/mol. The van der Waals surface area contributed by atoms with Crippen molar-refractivity contribution in [2.24, 2.45) is 0 Å². The molecule has 0 saturated carbocycles. The second kappa shape index (κ2) is 5.56. The SMILES string of the molecule is COC(=O)CCNc1ccc(F)c(Cl)c1. The van der Waals surface area contributed by atoms with Crippen LogP contribution in [0.25, 0.3) is 0 Å². The number of hydrogen-bond acceptors (Lipinski definition) is 3. The molecular formula is C10H11ClFNO2. The molecule has 1 aromatic rings. The van der Waals surface area contributed by atoms with Gasteiger partial charge in [0.25, 0.3) is 0 Å². The van der Waals surface area contributed by atoms with Crippen molar-refractivity contribution >= 4 is 23.3 Å². The summed E-state index contributed by atoms with van der Waals surface area (Å²) in [5, 5.41) is 2.98. The second-order valence-electron chi connectivity index (χ2n) is 2.88. The average molecular weight is 232 g/mol. The fraction of sp³-hybridized carbons (Fsp3) is 0.300. The van der Waals surface area contributed by atoms with Gasteiger partial charge in [0.15, 0.2) is 0 Å². The Morgan fingerprint density at radius 2 is 2.33 bits per heavy atom. The van der Waals surface area contributed by atoms with Gasteiger partial charge in [-0.25, -0.2) is 4.39 Å². The Hall–Kier alpha value is -1.29. The number of anilines is 1. The fourth-order valence-corrected chi connectivity index (χ4v) is 1.20. The largest absolute Gasteiger partial charge is 0.469 e. The number of carbonyl (C=O) groups excluding carboxylic acids is 1. The van der Waals surface area contributed by atoms with Gasteiger partial charge < -0.3 is 10.1 Å². The second-order valence-corrected chi connectivity index (χ2v) is 3.29. The van der Waals surface area contributed by atoms with Crippen LogP contribution in [0.15, 0.2) is 18.2 Å². The van der Waals surface area contributed by atoms with Crippen LogP contribution in [-0.4, -0.2) is 19.6 Å². The molecule has 0 bridgehead atoms. The quantitative estimate of drug-likeness (QED) is 0.809. The number of rotatable bonds is 4. The van der Waals surface area contributed by atoms with Gasteiger partial charge in [-0.2, -0.15) is 0 Å². The lowest BCUT2D eigenvalue weighted by Crippen LogP contribution is -2.09. The van der Waals surface area contributed by atoms with Gasteiger partial charge in [-0.15, -0.1) is 0 Å². The Morgan fingerprint density at radius 1 is 1.60 bits per heavy atom. The Kier molecular flexibility index (Phi) is 4.37. The summed E-state index contributed by atoms with van der Waals surface area (Å²) in [5.74, 6) is -0.758. The maximum Gasteiger partial charge on any atom is 0.307 e. The van der Waals surface area contributed by atoms with Crippen LogP contribution in [0, 0.1) is 5.82 Å². The topological polar surface area (TPSA) is 38.3 Å². The highest BCUT2D eigenvalue weighted by molar-refractivity contribution is 6.31. The molecule has 0 amide bonds. The zero-order valence-corrected chi connectivity index (χ0v) is 8.97. The minimum Gasteiger partial charge on any atom is -0.469 e. The Balaban J connectivity index is 2.44. The monoisotopic (exact) mass is 231 g/mol. The van der Waals surface area contributed by atoms with E-state index in [0.717, 1.165) is 0 Å². The van der Waals surface area contributed by atoms with Crippen LogP contribution in [0.4, 0.5) is 10.1 Å². The van der Waals surface area contributed by atoms with Crippen LogP contribution in [0.5, 0.6) is 0 Å². The molecule has 0 spiro atoms. The molecule has 0 fully saturated rings. The molecule has 15 heavy (non-hydrogen) atoms. The van der Waals surface area contributed by atoms with E-state index in [4.69, 9.17) is 11.6 Å². The van der Waals surface area contributed by atoms with Crippen LogP contribution < -0.4 is 5.32 Å². The number of ether oxygens (including phenoxy) is 1. The van der Waals surface area contributed by atoms with Crippen LogP contribution in [0.2, 0.25) is 5.02 Å². The van der Waals surface area contributed by atoms with Gasteiger partial charge >= 0.3 is 5.97 Å². The highest BCUT2D eigenvalue weighted by Gasteiger charge is 2.02. The Bertz CT molecular complexity index is 357. The smallest absolute Gasteiger partial charge is 0.307 e. The summed E-state index contributed by atoms with van der Waals surface area (Å²) in [7, 11) is 1.33. The van der Waals surface area contributed by atoms with Crippen molar-refractivity contribution in [3.05, 3.63) is 29.0 Å². The van der Waals surface area contributed by atoms with Crippen molar-refractivity contribution in [1.29, 1.82) is 0 Å². The average Bonchev–Trinajstić information content (AvgIpc) is 2.23. The van der Waals surface area contributed by atoms with Gasteiger partial charge in [0, 0.05) is 12.2 Å². The lowest BCUT2D eigenvalue weighted by atomic mass is 10.3. The van der Waals surface area contributed by atoms with Gasteiger partial charge in [-0.1, -0.05) is 11.6 Å². The van der Waals surface area contributed by atoms with Crippen molar-refractivity contribution < 1.29 is 13.9 Å². The maximum atomic E-state index is 12.8. The molecule has 0 atom stereocenters.